The standard InChI is InChI=1S/C19H20N4OS/c1-14-6-10-25-18(14)17(22-12-15-4-8-20-9-5-15)19(24)23-13-16-3-2-7-21-11-16/h2-11,17,22H,12-13H2,1H3,(H,23,24). The highest BCUT2D eigenvalue weighted by molar-refractivity contribution is 7.10. The first-order chi connectivity index (χ1) is 12.2. The molecular formula is C19H20N4OS. The van der Waals surface area contributed by atoms with E-state index in [1.165, 1.54) is 0 Å². The van der Waals surface area contributed by atoms with Crippen LogP contribution in [0.3, 0.4) is 0 Å². The maximum Gasteiger partial charge on any atom is 0.242 e. The topological polar surface area (TPSA) is 66.9 Å². The van der Waals surface area contributed by atoms with Gasteiger partial charge in [-0.15, -0.1) is 11.3 Å². The summed E-state index contributed by atoms with van der Waals surface area (Å²) in [6.07, 6.45) is 6.99. The van der Waals surface area contributed by atoms with Crippen LogP contribution in [0, 0.1) is 6.92 Å². The molecule has 1 unspecified atom stereocenters. The second-order valence-corrected chi connectivity index (χ2v) is 6.66. The second-order valence-electron chi connectivity index (χ2n) is 5.72. The third kappa shape index (κ3) is 4.71. The number of aromatic nitrogens is 2. The first-order valence-electron chi connectivity index (χ1n) is 8.07. The van der Waals surface area contributed by atoms with Gasteiger partial charge in [-0.3, -0.25) is 20.1 Å². The summed E-state index contributed by atoms with van der Waals surface area (Å²) in [5.41, 5.74) is 3.19. The molecule has 0 bridgehead atoms. The second kappa shape index (κ2) is 8.50. The van der Waals surface area contributed by atoms with Gasteiger partial charge in [-0.05, 0) is 53.3 Å². The van der Waals surface area contributed by atoms with E-state index in [0.717, 1.165) is 21.6 Å². The van der Waals surface area contributed by atoms with E-state index >= 15 is 0 Å². The van der Waals surface area contributed by atoms with E-state index in [4.69, 9.17) is 0 Å². The average Bonchev–Trinajstić information content (AvgIpc) is 3.08. The van der Waals surface area contributed by atoms with Crippen molar-refractivity contribution in [2.45, 2.75) is 26.1 Å². The summed E-state index contributed by atoms with van der Waals surface area (Å²) in [5.74, 6) is -0.0385. The van der Waals surface area contributed by atoms with Gasteiger partial charge in [0, 0.05) is 42.8 Å². The minimum atomic E-state index is -0.384. The first-order valence-corrected chi connectivity index (χ1v) is 8.95. The molecule has 128 valence electrons. The summed E-state index contributed by atoms with van der Waals surface area (Å²) < 4.78 is 0. The summed E-state index contributed by atoms with van der Waals surface area (Å²) in [6.45, 7) is 3.09. The molecule has 3 aromatic rings. The molecule has 2 N–H and O–H groups in total. The van der Waals surface area contributed by atoms with Crippen molar-refractivity contribution in [1.82, 2.24) is 20.6 Å². The summed E-state index contributed by atoms with van der Waals surface area (Å²) >= 11 is 1.59. The van der Waals surface area contributed by atoms with Crippen LogP contribution in [0.1, 0.15) is 27.6 Å². The molecule has 0 spiro atoms. The number of hydrogen-bond acceptors (Lipinski definition) is 5. The van der Waals surface area contributed by atoms with Gasteiger partial charge in [0.15, 0.2) is 0 Å². The molecule has 0 aromatic carbocycles. The molecule has 1 atom stereocenters. The van der Waals surface area contributed by atoms with Gasteiger partial charge in [0.1, 0.15) is 6.04 Å². The highest BCUT2D eigenvalue weighted by Crippen LogP contribution is 2.24. The predicted octanol–water partition coefficient (Wildman–Crippen LogP) is 2.99. The van der Waals surface area contributed by atoms with Gasteiger partial charge < -0.3 is 5.32 Å². The van der Waals surface area contributed by atoms with E-state index in [1.54, 1.807) is 36.1 Å². The molecule has 0 aliphatic heterocycles. The summed E-state index contributed by atoms with van der Waals surface area (Å²) in [7, 11) is 0. The number of carbonyl (C=O) groups is 1. The molecule has 0 saturated carbocycles. The molecular weight excluding hydrogens is 332 g/mol. The van der Waals surface area contributed by atoms with Crippen LogP contribution in [0.15, 0.2) is 60.5 Å². The lowest BCUT2D eigenvalue weighted by Crippen LogP contribution is -2.37. The number of nitrogens with zero attached hydrogens (tertiary/aromatic N) is 2. The highest BCUT2D eigenvalue weighted by Gasteiger charge is 2.22. The Morgan fingerprint density at radius 2 is 1.92 bits per heavy atom. The van der Waals surface area contributed by atoms with Crippen molar-refractivity contribution in [1.29, 1.82) is 0 Å². The fourth-order valence-corrected chi connectivity index (χ4v) is 3.50. The van der Waals surface area contributed by atoms with Crippen molar-refractivity contribution in [2.24, 2.45) is 0 Å². The number of pyridine rings is 2. The number of nitrogens with one attached hydrogen (secondary N) is 2. The number of thiophene rings is 1. The summed E-state index contributed by atoms with van der Waals surface area (Å²) in [6, 6.07) is 9.35. The predicted molar refractivity (Wildman–Crippen MR) is 99.0 cm³/mol. The average molecular weight is 352 g/mol. The van der Waals surface area contributed by atoms with Crippen LogP contribution in [0.5, 0.6) is 0 Å². The monoisotopic (exact) mass is 352 g/mol. The maximum atomic E-state index is 12.8. The van der Waals surface area contributed by atoms with E-state index < -0.39 is 0 Å². The Labute approximate surface area is 151 Å². The molecule has 0 radical (unpaired) electrons. The maximum absolute atomic E-state index is 12.8. The Morgan fingerprint density at radius 3 is 2.60 bits per heavy atom. The van der Waals surface area contributed by atoms with Crippen LogP contribution in [-0.2, 0) is 17.9 Å². The van der Waals surface area contributed by atoms with Gasteiger partial charge in [0.2, 0.25) is 5.91 Å². The quantitative estimate of drug-likeness (QED) is 0.686. The minimum Gasteiger partial charge on any atom is -0.350 e. The van der Waals surface area contributed by atoms with E-state index in [2.05, 4.69) is 20.6 Å². The van der Waals surface area contributed by atoms with Crippen molar-refractivity contribution in [3.05, 3.63) is 82.1 Å². The van der Waals surface area contributed by atoms with Crippen molar-refractivity contribution < 1.29 is 4.79 Å². The van der Waals surface area contributed by atoms with Crippen molar-refractivity contribution in [2.75, 3.05) is 0 Å². The van der Waals surface area contributed by atoms with Crippen molar-refractivity contribution in [3.8, 4) is 0 Å². The zero-order valence-electron chi connectivity index (χ0n) is 14.0. The SMILES string of the molecule is Cc1ccsc1C(NCc1ccncc1)C(=O)NCc1cccnc1. The van der Waals surface area contributed by atoms with Crippen LogP contribution in [0.25, 0.3) is 0 Å². The third-order valence-corrected chi connectivity index (χ3v) is 4.96. The van der Waals surface area contributed by atoms with E-state index in [-0.39, 0.29) is 11.9 Å². The highest BCUT2D eigenvalue weighted by atomic mass is 32.1. The third-order valence-electron chi connectivity index (χ3n) is 3.88. The molecule has 3 rings (SSSR count). The Balaban J connectivity index is 1.69. The fourth-order valence-electron chi connectivity index (χ4n) is 2.50. The van der Waals surface area contributed by atoms with Crippen molar-refractivity contribution >= 4 is 17.2 Å². The Kier molecular flexibility index (Phi) is 5.87. The van der Waals surface area contributed by atoms with E-state index in [9.17, 15) is 4.79 Å². The van der Waals surface area contributed by atoms with Gasteiger partial charge in [-0.2, -0.15) is 0 Å². The minimum absolute atomic E-state index is 0.0385. The zero-order valence-corrected chi connectivity index (χ0v) is 14.8. The van der Waals surface area contributed by atoms with Gasteiger partial charge in [-0.25, -0.2) is 0 Å². The van der Waals surface area contributed by atoms with Crippen LogP contribution in [-0.4, -0.2) is 15.9 Å². The molecule has 5 nitrogen and oxygen atoms in total. The smallest absolute Gasteiger partial charge is 0.242 e. The number of carbonyl (C=O) groups excluding carboxylic acids is 1. The Morgan fingerprint density at radius 1 is 1.08 bits per heavy atom. The van der Waals surface area contributed by atoms with Crippen LogP contribution < -0.4 is 10.6 Å². The lowest BCUT2D eigenvalue weighted by Gasteiger charge is -2.18. The fraction of sp³-hybridized carbons (Fsp3) is 0.211. The molecule has 6 heteroatoms. The zero-order chi connectivity index (χ0) is 17.5. The molecule has 1 amide bonds. The summed E-state index contributed by atoms with van der Waals surface area (Å²) in [5, 5.41) is 8.39. The first kappa shape index (κ1) is 17.3. The van der Waals surface area contributed by atoms with Gasteiger partial charge in [0.05, 0.1) is 0 Å². The number of amides is 1. The van der Waals surface area contributed by atoms with Crippen LogP contribution in [0.4, 0.5) is 0 Å². The van der Waals surface area contributed by atoms with E-state index in [1.807, 2.05) is 42.6 Å². The number of rotatable bonds is 7. The number of aryl methyl sites for hydroxylation is 1. The molecule has 3 heterocycles. The molecule has 25 heavy (non-hydrogen) atoms. The van der Waals surface area contributed by atoms with Gasteiger partial charge >= 0.3 is 0 Å². The lowest BCUT2D eigenvalue weighted by atomic mass is 10.1. The number of hydrogen-bond donors (Lipinski definition) is 2. The van der Waals surface area contributed by atoms with Crippen molar-refractivity contribution in [3.63, 3.8) is 0 Å². The molecule has 0 aliphatic carbocycles. The largest absolute Gasteiger partial charge is 0.350 e. The lowest BCUT2D eigenvalue weighted by molar-refractivity contribution is -0.123. The molecule has 0 saturated heterocycles. The Hall–Kier alpha value is -2.57. The van der Waals surface area contributed by atoms with Crippen LogP contribution in [0.2, 0.25) is 0 Å². The molecule has 3 aromatic heterocycles. The summed E-state index contributed by atoms with van der Waals surface area (Å²) in [4.78, 5) is 21.9. The van der Waals surface area contributed by atoms with Gasteiger partial charge in [0.25, 0.3) is 0 Å². The molecule has 0 fully saturated rings. The molecule has 0 aliphatic rings. The normalized spacial score (nSPS) is 11.9. The van der Waals surface area contributed by atoms with E-state index in [0.29, 0.717) is 13.1 Å². The Bertz CT molecular complexity index is 805. The van der Waals surface area contributed by atoms with Crippen LogP contribution >= 0.6 is 11.3 Å². The van der Waals surface area contributed by atoms with Gasteiger partial charge in [-0.1, -0.05) is 6.07 Å².